The summed E-state index contributed by atoms with van der Waals surface area (Å²) in [4.78, 5) is 22.6. The third-order valence-electron chi connectivity index (χ3n) is 4.43. The highest BCUT2D eigenvalue weighted by atomic mass is 16.6. The zero-order chi connectivity index (χ0) is 15.7. The number of benzene rings is 1. The summed E-state index contributed by atoms with van der Waals surface area (Å²) in [6.07, 6.45) is 2.39. The number of non-ortho nitro benzene ring substituents is 1. The summed E-state index contributed by atoms with van der Waals surface area (Å²) in [6, 6.07) is 8.51. The number of nitrogens with zero attached hydrogens (tertiary/aromatic N) is 2. The Morgan fingerprint density at radius 3 is 2.33 bits per heavy atom. The lowest BCUT2D eigenvalue weighted by Crippen LogP contribution is -2.31. The van der Waals surface area contributed by atoms with Gasteiger partial charge in [-0.25, -0.2) is 0 Å². The summed E-state index contributed by atoms with van der Waals surface area (Å²) >= 11 is 0. The van der Waals surface area contributed by atoms with Crippen molar-refractivity contribution in [3.63, 3.8) is 0 Å². The summed E-state index contributed by atoms with van der Waals surface area (Å²) in [7, 11) is 0. The first-order valence-electron chi connectivity index (χ1n) is 7.00. The van der Waals surface area contributed by atoms with Gasteiger partial charge in [-0.2, -0.15) is 5.26 Å². The lowest BCUT2D eigenvalue weighted by Gasteiger charge is -2.22. The van der Waals surface area contributed by atoms with E-state index in [4.69, 9.17) is 0 Å². The monoisotopic (exact) mass is 286 g/mol. The number of carbonyl (C=O) groups is 1. The number of rotatable bonds is 4. The van der Waals surface area contributed by atoms with Crippen molar-refractivity contribution in [2.24, 2.45) is 10.8 Å². The van der Waals surface area contributed by atoms with Gasteiger partial charge in [-0.3, -0.25) is 14.9 Å². The van der Waals surface area contributed by atoms with E-state index in [1.165, 1.54) is 12.1 Å². The number of nitriles is 1. The van der Waals surface area contributed by atoms with Crippen molar-refractivity contribution in [2.75, 3.05) is 0 Å². The summed E-state index contributed by atoms with van der Waals surface area (Å²) in [6.45, 7) is 3.78. The molecule has 1 fully saturated rings. The second-order valence-corrected chi connectivity index (χ2v) is 6.33. The number of carbonyl (C=O) groups excluding carboxylic acids is 1. The third kappa shape index (κ3) is 2.80. The molecule has 1 aliphatic rings. The van der Waals surface area contributed by atoms with Crippen LogP contribution in [0.2, 0.25) is 0 Å². The number of hydrogen-bond donors (Lipinski definition) is 0. The fourth-order valence-corrected chi connectivity index (χ4v) is 2.94. The Labute approximate surface area is 123 Å². The number of hydrogen-bond acceptors (Lipinski definition) is 4. The molecule has 1 aromatic rings. The maximum Gasteiger partial charge on any atom is 0.269 e. The zero-order valence-corrected chi connectivity index (χ0v) is 12.3. The molecule has 0 aliphatic heterocycles. The first-order valence-corrected chi connectivity index (χ1v) is 7.00. The van der Waals surface area contributed by atoms with Crippen LogP contribution in [0, 0.1) is 32.3 Å². The van der Waals surface area contributed by atoms with E-state index in [2.05, 4.69) is 6.07 Å². The van der Waals surface area contributed by atoms with Crippen molar-refractivity contribution in [1.82, 2.24) is 0 Å². The van der Waals surface area contributed by atoms with Crippen LogP contribution in [0.15, 0.2) is 24.3 Å². The molecule has 0 bridgehead atoms. The molecule has 110 valence electrons. The molecular weight excluding hydrogens is 268 g/mol. The SMILES string of the molecule is CC1(C)CCC(C#N)(CCc2ccc([N+](=O)[O-])cc2)C1=O. The van der Waals surface area contributed by atoms with Crippen LogP contribution in [0.4, 0.5) is 5.69 Å². The van der Waals surface area contributed by atoms with E-state index in [1.54, 1.807) is 12.1 Å². The van der Waals surface area contributed by atoms with E-state index in [1.807, 2.05) is 13.8 Å². The number of nitro groups is 1. The summed E-state index contributed by atoms with van der Waals surface area (Å²) < 4.78 is 0. The Bertz CT molecular complexity index is 613. The fourth-order valence-electron chi connectivity index (χ4n) is 2.94. The van der Waals surface area contributed by atoms with Crippen molar-refractivity contribution >= 4 is 11.5 Å². The molecule has 0 amide bonds. The minimum atomic E-state index is -0.898. The van der Waals surface area contributed by atoms with Gasteiger partial charge in [0.1, 0.15) is 5.41 Å². The fraction of sp³-hybridized carbons (Fsp3) is 0.500. The van der Waals surface area contributed by atoms with Gasteiger partial charge in [-0.05, 0) is 31.2 Å². The molecule has 1 aliphatic carbocycles. The quantitative estimate of drug-likeness (QED) is 0.627. The average molecular weight is 286 g/mol. The van der Waals surface area contributed by atoms with E-state index in [-0.39, 0.29) is 11.5 Å². The van der Waals surface area contributed by atoms with Gasteiger partial charge in [-0.15, -0.1) is 0 Å². The number of Topliss-reactive ketones (excluding diaryl/α,β-unsaturated/α-hetero) is 1. The Morgan fingerprint density at radius 1 is 1.29 bits per heavy atom. The Kier molecular flexibility index (Phi) is 3.82. The second kappa shape index (κ2) is 5.28. The summed E-state index contributed by atoms with van der Waals surface area (Å²) in [5.74, 6) is 0.0272. The van der Waals surface area contributed by atoms with Gasteiger partial charge in [-0.1, -0.05) is 26.0 Å². The van der Waals surface area contributed by atoms with Gasteiger partial charge in [0.25, 0.3) is 5.69 Å². The van der Waals surface area contributed by atoms with Crippen molar-refractivity contribution in [1.29, 1.82) is 5.26 Å². The predicted molar refractivity (Wildman–Crippen MR) is 77.5 cm³/mol. The minimum Gasteiger partial charge on any atom is -0.297 e. The molecule has 0 N–H and O–H groups in total. The highest BCUT2D eigenvalue weighted by Crippen LogP contribution is 2.47. The maximum absolute atomic E-state index is 12.4. The van der Waals surface area contributed by atoms with Crippen LogP contribution in [0.25, 0.3) is 0 Å². The van der Waals surface area contributed by atoms with E-state index < -0.39 is 15.8 Å². The van der Waals surface area contributed by atoms with Crippen LogP contribution < -0.4 is 0 Å². The van der Waals surface area contributed by atoms with Gasteiger partial charge in [0.2, 0.25) is 0 Å². The molecule has 2 rings (SSSR count). The van der Waals surface area contributed by atoms with E-state index >= 15 is 0 Å². The van der Waals surface area contributed by atoms with Gasteiger partial charge in [0.05, 0.1) is 11.0 Å². The third-order valence-corrected chi connectivity index (χ3v) is 4.43. The molecule has 0 aromatic heterocycles. The first-order chi connectivity index (χ1) is 9.81. The molecule has 0 saturated heterocycles. The lowest BCUT2D eigenvalue weighted by atomic mass is 9.77. The smallest absolute Gasteiger partial charge is 0.269 e. The molecule has 1 unspecified atom stereocenters. The van der Waals surface area contributed by atoms with Crippen LogP contribution in [-0.4, -0.2) is 10.7 Å². The standard InChI is InChI=1S/C16H18N2O3/c1-15(2)9-10-16(11-17,14(15)19)8-7-12-3-5-13(6-4-12)18(20)21/h3-6H,7-10H2,1-2H3. The number of aryl methyl sites for hydroxylation is 1. The normalized spacial score (nSPS) is 23.8. The summed E-state index contributed by atoms with van der Waals surface area (Å²) in [5, 5.41) is 20.1. The van der Waals surface area contributed by atoms with E-state index in [0.29, 0.717) is 19.3 Å². The topological polar surface area (TPSA) is 84.0 Å². The Balaban J connectivity index is 2.10. The van der Waals surface area contributed by atoms with Crippen LogP contribution in [0.3, 0.4) is 0 Å². The van der Waals surface area contributed by atoms with E-state index in [9.17, 15) is 20.2 Å². The largest absolute Gasteiger partial charge is 0.297 e. The van der Waals surface area contributed by atoms with Crippen LogP contribution in [-0.2, 0) is 11.2 Å². The Morgan fingerprint density at radius 2 is 1.90 bits per heavy atom. The molecule has 5 heteroatoms. The van der Waals surface area contributed by atoms with E-state index in [0.717, 1.165) is 12.0 Å². The van der Waals surface area contributed by atoms with Crippen molar-refractivity contribution < 1.29 is 9.72 Å². The van der Waals surface area contributed by atoms with Gasteiger partial charge < -0.3 is 0 Å². The zero-order valence-electron chi connectivity index (χ0n) is 12.3. The molecule has 21 heavy (non-hydrogen) atoms. The van der Waals surface area contributed by atoms with Gasteiger partial charge >= 0.3 is 0 Å². The number of nitro benzene ring substituents is 1. The van der Waals surface area contributed by atoms with Crippen LogP contribution in [0.1, 0.15) is 38.7 Å². The first kappa shape index (κ1) is 15.2. The van der Waals surface area contributed by atoms with Crippen molar-refractivity contribution in [3.05, 3.63) is 39.9 Å². The van der Waals surface area contributed by atoms with Gasteiger partial charge in [0, 0.05) is 17.5 Å². The van der Waals surface area contributed by atoms with Crippen molar-refractivity contribution in [2.45, 2.75) is 39.5 Å². The van der Waals surface area contributed by atoms with Gasteiger partial charge in [0.15, 0.2) is 5.78 Å². The molecular formula is C16H18N2O3. The second-order valence-electron chi connectivity index (χ2n) is 6.33. The molecule has 0 heterocycles. The molecule has 5 nitrogen and oxygen atoms in total. The maximum atomic E-state index is 12.4. The van der Waals surface area contributed by atoms with Crippen LogP contribution >= 0.6 is 0 Å². The Hall–Kier alpha value is -2.22. The molecule has 0 spiro atoms. The minimum absolute atomic E-state index is 0.0272. The molecule has 1 atom stereocenters. The average Bonchev–Trinajstić information content (AvgIpc) is 2.70. The predicted octanol–water partition coefficient (Wildman–Crippen LogP) is 3.43. The highest BCUT2D eigenvalue weighted by molar-refractivity contribution is 5.94. The number of ketones is 1. The summed E-state index contributed by atoms with van der Waals surface area (Å²) in [5.41, 5.74) is -0.365. The lowest BCUT2D eigenvalue weighted by molar-refractivity contribution is -0.384. The molecule has 1 aromatic carbocycles. The highest BCUT2D eigenvalue weighted by Gasteiger charge is 2.51. The van der Waals surface area contributed by atoms with Crippen molar-refractivity contribution in [3.8, 4) is 6.07 Å². The van der Waals surface area contributed by atoms with Crippen LogP contribution in [0.5, 0.6) is 0 Å². The molecule has 0 radical (unpaired) electrons. The molecule has 1 saturated carbocycles.